The van der Waals surface area contributed by atoms with Crippen molar-refractivity contribution in [2.24, 2.45) is 13.0 Å². The molecule has 1 aliphatic carbocycles. The lowest BCUT2D eigenvalue weighted by Gasteiger charge is -2.43. The van der Waals surface area contributed by atoms with Crippen LogP contribution >= 0.6 is 0 Å². The molecule has 1 aromatic rings. The van der Waals surface area contributed by atoms with Crippen LogP contribution < -0.4 is 5.32 Å². The van der Waals surface area contributed by atoms with E-state index >= 15 is 0 Å². The van der Waals surface area contributed by atoms with Gasteiger partial charge in [0.2, 0.25) is 11.8 Å². The molecule has 0 aromatic carbocycles. The number of aromatic nitrogens is 2. The molecule has 1 aliphatic heterocycles. The number of nitrogens with zero attached hydrogens (tertiary/aromatic N) is 3. The van der Waals surface area contributed by atoms with Gasteiger partial charge in [0, 0.05) is 7.05 Å². The van der Waals surface area contributed by atoms with Gasteiger partial charge in [0.1, 0.15) is 11.6 Å². The van der Waals surface area contributed by atoms with Gasteiger partial charge in [0.25, 0.3) is 0 Å². The molecule has 0 radical (unpaired) electrons. The van der Waals surface area contributed by atoms with Crippen molar-refractivity contribution in [2.75, 3.05) is 0 Å². The smallest absolute Gasteiger partial charge is 0.249 e. The van der Waals surface area contributed by atoms with Crippen LogP contribution in [0.1, 0.15) is 38.1 Å². The average Bonchev–Trinajstić information content (AvgIpc) is 3.20. The molecular weight excluding hydrogens is 268 g/mol. The molecule has 6 nitrogen and oxygen atoms in total. The van der Waals surface area contributed by atoms with Crippen LogP contribution in [0.2, 0.25) is 0 Å². The Bertz CT molecular complexity index is 605. The highest BCUT2D eigenvalue weighted by molar-refractivity contribution is 5.99. The van der Waals surface area contributed by atoms with Gasteiger partial charge in [-0.15, -0.1) is 0 Å². The number of rotatable bonds is 3. The highest BCUT2D eigenvalue weighted by Gasteiger charge is 2.54. The van der Waals surface area contributed by atoms with Gasteiger partial charge in [-0.2, -0.15) is 5.10 Å². The van der Waals surface area contributed by atoms with E-state index in [0.29, 0.717) is 6.54 Å². The van der Waals surface area contributed by atoms with E-state index in [-0.39, 0.29) is 17.7 Å². The van der Waals surface area contributed by atoms with Crippen molar-refractivity contribution in [1.29, 1.82) is 0 Å². The van der Waals surface area contributed by atoms with Crippen molar-refractivity contribution in [3.05, 3.63) is 17.5 Å². The van der Waals surface area contributed by atoms with Crippen LogP contribution in [0.15, 0.2) is 6.07 Å². The third-order valence-corrected chi connectivity index (χ3v) is 4.76. The summed E-state index contributed by atoms with van der Waals surface area (Å²) in [5.41, 5.74) is 1.12. The van der Waals surface area contributed by atoms with Crippen LogP contribution in [-0.2, 0) is 23.2 Å². The van der Waals surface area contributed by atoms with E-state index in [4.69, 9.17) is 0 Å². The molecule has 2 heterocycles. The maximum absolute atomic E-state index is 12.9. The second-order valence-corrected chi connectivity index (χ2v) is 6.48. The quantitative estimate of drug-likeness (QED) is 0.893. The Morgan fingerprint density at radius 1 is 1.43 bits per heavy atom. The molecule has 114 valence electrons. The lowest BCUT2D eigenvalue weighted by Crippen LogP contribution is -2.69. The minimum absolute atomic E-state index is 0.0240. The number of hydrogen-bond acceptors (Lipinski definition) is 3. The summed E-state index contributed by atoms with van der Waals surface area (Å²) in [4.78, 5) is 26.8. The Morgan fingerprint density at radius 2 is 2.10 bits per heavy atom. The Hall–Kier alpha value is -1.85. The summed E-state index contributed by atoms with van der Waals surface area (Å²) in [6.45, 7) is 5.99. The minimum Gasteiger partial charge on any atom is -0.340 e. The molecular formula is C15H22N4O2. The van der Waals surface area contributed by atoms with Gasteiger partial charge in [-0.1, -0.05) is 0 Å². The van der Waals surface area contributed by atoms with Crippen LogP contribution in [0, 0.1) is 12.8 Å². The Labute approximate surface area is 124 Å². The first-order chi connectivity index (χ1) is 9.83. The fourth-order valence-corrected chi connectivity index (χ4v) is 3.16. The number of nitrogens with one attached hydrogen (secondary N) is 1. The normalized spacial score (nSPS) is 29.7. The topological polar surface area (TPSA) is 67.2 Å². The maximum atomic E-state index is 12.9. The van der Waals surface area contributed by atoms with Crippen LogP contribution in [0.4, 0.5) is 0 Å². The van der Waals surface area contributed by atoms with Crippen LogP contribution in [0.5, 0.6) is 0 Å². The highest BCUT2D eigenvalue weighted by Crippen LogP contribution is 2.42. The predicted octanol–water partition coefficient (Wildman–Crippen LogP) is 0.744. The van der Waals surface area contributed by atoms with E-state index in [1.165, 1.54) is 0 Å². The van der Waals surface area contributed by atoms with Crippen molar-refractivity contribution in [3.63, 3.8) is 0 Å². The van der Waals surface area contributed by atoms with E-state index in [0.717, 1.165) is 24.2 Å². The van der Waals surface area contributed by atoms with Gasteiger partial charge in [0.15, 0.2) is 0 Å². The van der Waals surface area contributed by atoms with Gasteiger partial charge >= 0.3 is 0 Å². The molecule has 1 saturated heterocycles. The third kappa shape index (κ3) is 2.22. The van der Waals surface area contributed by atoms with E-state index in [2.05, 4.69) is 10.4 Å². The molecule has 6 heteroatoms. The molecule has 2 unspecified atom stereocenters. The van der Waals surface area contributed by atoms with E-state index in [1.807, 2.05) is 27.0 Å². The van der Waals surface area contributed by atoms with Gasteiger partial charge in [-0.25, -0.2) is 0 Å². The molecule has 1 aromatic heterocycles. The van der Waals surface area contributed by atoms with Crippen molar-refractivity contribution < 1.29 is 9.59 Å². The third-order valence-electron chi connectivity index (χ3n) is 4.76. The second-order valence-electron chi connectivity index (χ2n) is 6.48. The van der Waals surface area contributed by atoms with E-state index in [1.54, 1.807) is 16.5 Å². The van der Waals surface area contributed by atoms with Crippen LogP contribution in [0.3, 0.4) is 0 Å². The number of carbonyl (C=O) groups is 2. The standard InChI is InChI=1S/C15H22N4O2/c1-9-7-12(18(4)17-9)8-19-10(2)13(20)16-15(3,14(19)21)11-5-6-11/h7,10-11H,5-6,8H2,1-4H3,(H,16,20). The average molecular weight is 290 g/mol. The number of piperazine rings is 1. The Balaban J connectivity index is 1.89. The first-order valence-corrected chi connectivity index (χ1v) is 7.45. The molecule has 0 bridgehead atoms. The molecule has 2 aliphatic rings. The second kappa shape index (κ2) is 4.58. The number of amides is 2. The summed E-state index contributed by atoms with van der Waals surface area (Å²) in [6, 6.07) is 1.51. The summed E-state index contributed by atoms with van der Waals surface area (Å²) < 4.78 is 1.77. The summed E-state index contributed by atoms with van der Waals surface area (Å²) in [7, 11) is 1.86. The van der Waals surface area contributed by atoms with Crippen molar-refractivity contribution >= 4 is 11.8 Å². The van der Waals surface area contributed by atoms with Crippen molar-refractivity contribution in [3.8, 4) is 0 Å². The fraction of sp³-hybridized carbons (Fsp3) is 0.667. The van der Waals surface area contributed by atoms with E-state index < -0.39 is 11.6 Å². The molecule has 0 spiro atoms. The predicted molar refractivity (Wildman–Crippen MR) is 77.2 cm³/mol. The van der Waals surface area contributed by atoms with Gasteiger partial charge in [-0.05, 0) is 45.6 Å². The SMILES string of the molecule is Cc1cc(CN2C(=O)C(C)(C3CC3)NC(=O)C2C)n(C)n1. The monoisotopic (exact) mass is 290 g/mol. The van der Waals surface area contributed by atoms with Gasteiger partial charge < -0.3 is 10.2 Å². The lowest BCUT2D eigenvalue weighted by atomic mass is 9.89. The van der Waals surface area contributed by atoms with Crippen molar-refractivity contribution in [2.45, 2.75) is 51.7 Å². The maximum Gasteiger partial charge on any atom is 0.249 e. The first-order valence-electron chi connectivity index (χ1n) is 7.45. The number of hydrogen-bond donors (Lipinski definition) is 1. The Kier molecular flexibility index (Phi) is 3.07. The summed E-state index contributed by atoms with van der Waals surface area (Å²) >= 11 is 0. The molecule has 1 N–H and O–H groups in total. The van der Waals surface area contributed by atoms with Crippen LogP contribution in [0.25, 0.3) is 0 Å². The zero-order valence-corrected chi connectivity index (χ0v) is 13.0. The number of aryl methyl sites for hydroxylation is 2. The van der Waals surface area contributed by atoms with Crippen molar-refractivity contribution in [1.82, 2.24) is 20.0 Å². The summed E-state index contributed by atoms with van der Waals surface area (Å²) in [6.07, 6.45) is 2.02. The minimum atomic E-state index is -0.739. The fourth-order valence-electron chi connectivity index (χ4n) is 3.16. The van der Waals surface area contributed by atoms with Gasteiger partial charge in [-0.3, -0.25) is 14.3 Å². The largest absolute Gasteiger partial charge is 0.340 e. The van der Waals surface area contributed by atoms with Crippen LogP contribution in [-0.4, -0.2) is 38.1 Å². The molecule has 1 saturated carbocycles. The molecule has 21 heavy (non-hydrogen) atoms. The zero-order chi connectivity index (χ0) is 15.4. The lowest BCUT2D eigenvalue weighted by molar-refractivity contribution is -0.155. The molecule has 2 amide bonds. The highest BCUT2D eigenvalue weighted by atomic mass is 16.2. The Morgan fingerprint density at radius 3 is 2.62 bits per heavy atom. The van der Waals surface area contributed by atoms with E-state index in [9.17, 15) is 9.59 Å². The molecule has 3 rings (SSSR count). The molecule has 2 atom stereocenters. The molecule has 2 fully saturated rings. The number of carbonyl (C=O) groups excluding carboxylic acids is 2. The summed E-state index contributed by atoms with van der Waals surface area (Å²) in [5.74, 6) is 0.232. The van der Waals surface area contributed by atoms with Gasteiger partial charge in [0.05, 0.1) is 17.9 Å². The summed E-state index contributed by atoms with van der Waals surface area (Å²) in [5, 5.41) is 7.24. The zero-order valence-electron chi connectivity index (χ0n) is 13.0. The first kappa shape index (κ1) is 14.1.